The molecule has 0 bridgehead atoms. The van der Waals surface area contributed by atoms with Crippen LogP contribution in [0.1, 0.15) is 37.7 Å². The molecule has 1 aliphatic carbocycles. The molecule has 0 unspecified atom stereocenters. The Labute approximate surface area is 156 Å². The van der Waals surface area contributed by atoms with Crippen LogP contribution in [0.2, 0.25) is 0 Å². The maximum Gasteiger partial charge on any atom is 0.234 e. The minimum Gasteiger partial charge on any atom is -0.355 e. The first-order chi connectivity index (χ1) is 12.7. The molecule has 0 saturated carbocycles. The highest BCUT2D eigenvalue weighted by atomic mass is 19.1. The van der Waals surface area contributed by atoms with Crippen LogP contribution in [0.4, 0.5) is 4.39 Å². The highest BCUT2D eigenvalue weighted by Crippen LogP contribution is 2.19. The Kier molecular flexibility index (Phi) is 7.21. The zero-order valence-corrected chi connectivity index (χ0v) is 15.6. The number of halogens is 1. The summed E-state index contributed by atoms with van der Waals surface area (Å²) in [5, 5.41) is 3.06. The molecule has 1 heterocycles. The van der Waals surface area contributed by atoms with E-state index in [9.17, 15) is 9.18 Å². The van der Waals surface area contributed by atoms with Crippen LogP contribution >= 0.6 is 0 Å². The smallest absolute Gasteiger partial charge is 0.234 e. The molecule has 1 aromatic carbocycles. The van der Waals surface area contributed by atoms with Crippen molar-refractivity contribution >= 4 is 5.91 Å². The molecular weight excluding hydrogens is 329 g/mol. The van der Waals surface area contributed by atoms with Gasteiger partial charge in [-0.3, -0.25) is 14.6 Å². The maximum atomic E-state index is 13.0. The third-order valence-corrected chi connectivity index (χ3v) is 5.30. The zero-order valence-electron chi connectivity index (χ0n) is 15.6. The van der Waals surface area contributed by atoms with E-state index in [1.807, 2.05) is 12.1 Å². The fraction of sp³-hybridized carbons (Fsp3) is 0.571. The van der Waals surface area contributed by atoms with E-state index < -0.39 is 0 Å². The first kappa shape index (κ1) is 19.1. The van der Waals surface area contributed by atoms with Gasteiger partial charge in [0.1, 0.15) is 5.82 Å². The molecule has 0 spiro atoms. The van der Waals surface area contributed by atoms with Crippen molar-refractivity contribution in [2.75, 3.05) is 39.3 Å². The fourth-order valence-electron chi connectivity index (χ4n) is 3.71. The summed E-state index contributed by atoms with van der Waals surface area (Å²) in [6.07, 6.45) is 8.34. The van der Waals surface area contributed by atoms with Gasteiger partial charge in [0.05, 0.1) is 6.54 Å². The molecule has 0 aromatic heterocycles. The van der Waals surface area contributed by atoms with Crippen molar-refractivity contribution in [2.45, 2.75) is 38.6 Å². The Balaban J connectivity index is 1.31. The Hall–Kier alpha value is -1.72. The zero-order chi connectivity index (χ0) is 18.2. The van der Waals surface area contributed by atoms with Crippen LogP contribution < -0.4 is 5.32 Å². The van der Waals surface area contributed by atoms with Crippen molar-refractivity contribution in [1.29, 1.82) is 0 Å². The highest BCUT2D eigenvalue weighted by molar-refractivity contribution is 5.78. The quantitative estimate of drug-likeness (QED) is 0.761. The van der Waals surface area contributed by atoms with Crippen LogP contribution in [-0.4, -0.2) is 55.0 Å². The number of rotatable bonds is 7. The van der Waals surface area contributed by atoms with Gasteiger partial charge in [-0.25, -0.2) is 4.39 Å². The normalized spacial score (nSPS) is 19.2. The van der Waals surface area contributed by atoms with Gasteiger partial charge < -0.3 is 5.32 Å². The van der Waals surface area contributed by atoms with Gasteiger partial charge in [0.2, 0.25) is 5.91 Å². The molecule has 4 nitrogen and oxygen atoms in total. The predicted molar refractivity (Wildman–Crippen MR) is 102 cm³/mol. The molecule has 1 amide bonds. The summed E-state index contributed by atoms with van der Waals surface area (Å²) in [5.74, 6) is -0.0576. The van der Waals surface area contributed by atoms with Gasteiger partial charge in [-0.05, 0) is 49.8 Å². The minimum absolute atomic E-state index is 0.133. The second-order valence-corrected chi connectivity index (χ2v) is 7.39. The number of benzene rings is 1. The number of hydrogen-bond acceptors (Lipinski definition) is 3. The van der Waals surface area contributed by atoms with E-state index >= 15 is 0 Å². The third-order valence-electron chi connectivity index (χ3n) is 5.30. The van der Waals surface area contributed by atoms with E-state index in [-0.39, 0.29) is 11.7 Å². The van der Waals surface area contributed by atoms with Gasteiger partial charge in [-0.1, -0.05) is 23.8 Å². The average Bonchev–Trinajstić information content (AvgIpc) is 2.66. The van der Waals surface area contributed by atoms with E-state index in [2.05, 4.69) is 21.2 Å². The highest BCUT2D eigenvalue weighted by Gasteiger charge is 2.19. The molecule has 1 aliphatic heterocycles. The topological polar surface area (TPSA) is 35.6 Å². The summed E-state index contributed by atoms with van der Waals surface area (Å²) in [6, 6.07) is 6.71. The van der Waals surface area contributed by atoms with Crippen LogP contribution in [-0.2, 0) is 11.3 Å². The SMILES string of the molecule is O=C(CN1CCN(Cc2ccc(F)cc2)CC1)NCCC1=CCCCC1. The summed E-state index contributed by atoms with van der Waals surface area (Å²) in [7, 11) is 0. The van der Waals surface area contributed by atoms with Crippen LogP contribution in [0, 0.1) is 5.82 Å². The van der Waals surface area contributed by atoms with Crippen molar-refractivity contribution < 1.29 is 9.18 Å². The molecule has 1 N–H and O–H groups in total. The average molecular weight is 359 g/mol. The van der Waals surface area contributed by atoms with Crippen molar-refractivity contribution in [3.63, 3.8) is 0 Å². The lowest BCUT2D eigenvalue weighted by Gasteiger charge is -2.34. The van der Waals surface area contributed by atoms with Crippen molar-refractivity contribution in [3.8, 4) is 0 Å². The summed E-state index contributed by atoms with van der Waals surface area (Å²) in [4.78, 5) is 16.7. The number of nitrogens with one attached hydrogen (secondary N) is 1. The molecule has 0 atom stereocenters. The third kappa shape index (κ3) is 6.22. The molecule has 1 fully saturated rings. The Bertz CT molecular complexity index is 606. The second kappa shape index (κ2) is 9.83. The van der Waals surface area contributed by atoms with E-state index in [0.29, 0.717) is 6.54 Å². The molecule has 142 valence electrons. The van der Waals surface area contributed by atoms with Gasteiger partial charge in [-0.15, -0.1) is 0 Å². The molecule has 3 rings (SSSR count). The largest absolute Gasteiger partial charge is 0.355 e. The molecule has 1 aromatic rings. The van der Waals surface area contributed by atoms with E-state index in [4.69, 9.17) is 0 Å². The number of piperazine rings is 1. The molecule has 2 aliphatic rings. The standard InChI is InChI=1S/C21H30FN3O/c22-20-8-6-19(7-9-20)16-24-12-14-25(15-13-24)17-21(26)23-11-10-18-4-2-1-3-5-18/h4,6-9H,1-3,5,10-17H2,(H,23,26). The van der Waals surface area contributed by atoms with E-state index in [1.54, 1.807) is 0 Å². The van der Waals surface area contributed by atoms with Gasteiger partial charge in [-0.2, -0.15) is 0 Å². The van der Waals surface area contributed by atoms with Crippen LogP contribution in [0.3, 0.4) is 0 Å². The van der Waals surface area contributed by atoms with Gasteiger partial charge >= 0.3 is 0 Å². The number of amides is 1. The first-order valence-corrected chi connectivity index (χ1v) is 9.83. The predicted octanol–water partition coefficient (Wildman–Crippen LogP) is 2.95. The molecule has 0 radical (unpaired) electrons. The number of carbonyl (C=O) groups is 1. The Morgan fingerprint density at radius 3 is 2.46 bits per heavy atom. The summed E-state index contributed by atoms with van der Waals surface area (Å²) in [6.45, 7) is 5.78. The Morgan fingerprint density at radius 2 is 1.77 bits per heavy atom. The minimum atomic E-state index is -0.190. The van der Waals surface area contributed by atoms with Crippen molar-refractivity contribution in [2.24, 2.45) is 0 Å². The van der Waals surface area contributed by atoms with Gasteiger partial charge in [0.25, 0.3) is 0 Å². The number of allylic oxidation sites excluding steroid dienone is 1. The number of hydrogen-bond donors (Lipinski definition) is 1. The molecule has 26 heavy (non-hydrogen) atoms. The molecule has 5 heteroatoms. The van der Waals surface area contributed by atoms with E-state index in [1.165, 1.54) is 43.4 Å². The lowest BCUT2D eigenvalue weighted by atomic mass is 9.97. The lowest BCUT2D eigenvalue weighted by molar-refractivity contribution is -0.122. The van der Waals surface area contributed by atoms with Gasteiger partial charge in [0.15, 0.2) is 0 Å². The van der Waals surface area contributed by atoms with Crippen LogP contribution in [0.15, 0.2) is 35.9 Å². The molecular formula is C21H30FN3O. The summed E-state index contributed by atoms with van der Waals surface area (Å²) < 4.78 is 13.0. The number of carbonyl (C=O) groups excluding carboxylic acids is 1. The maximum absolute atomic E-state index is 13.0. The summed E-state index contributed by atoms with van der Waals surface area (Å²) >= 11 is 0. The van der Waals surface area contributed by atoms with E-state index in [0.717, 1.165) is 51.3 Å². The summed E-state index contributed by atoms with van der Waals surface area (Å²) in [5.41, 5.74) is 2.64. The van der Waals surface area contributed by atoms with Crippen LogP contribution in [0.5, 0.6) is 0 Å². The van der Waals surface area contributed by atoms with Crippen molar-refractivity contribution in [1.82, 2.24) is 15.1 Å². The fourth-order valence-corrected chi connectivity index (χ4v) is 3.71. The molecule has 1 saturated heterocycles. The second-order valence-electron chi connectivity index (χ2n) is 7.39. The van der Waals surface area contributed by atoms with Gasteiger partial charge in [0, 0.05) is 39.3 Å². The number of nitrogens with zero attached hydrogens (tertiary/aromatic N) is 2. The first-order valence-electron chi connectivity index (χ1n) is 9.83. The van der Waals surface area contributed by atoms with Crippen molar-refractivity contribution in [3.05, 3.63) is 47.3 Å². The van der Waals surface area contributed by atoms with Crippen LogP contribution in [0.25, 0.3) is 0 Å². The lowest BCUT2D eigenvalue weighted by Crippen LogP contribution is -2.49. The monoisotopic (exact) mass is 359 g/mol. The Morgan fingerprint density at radius 1 is 1.04 bits per heavy atom.